The maximum atomic E-state index is 5.77. The summed E-state index contributed by atoms with van der Waals surface area (Å²) in [6.45, 7) is 3.21. The second-order valence-electron chi connectivity index (χ2n) is 3.49. The Hall–Kier alpha value is -0.730. The van der Waals surface area contributed by atoms with Crippen molar-refractivity contribution in [1.82, 2.24) is 4.90 Å². The second kappa shape index (κ2) is 4.33. The van der Waals surface area contributed by atoms with Crippen LogP contribution in [0.25, 0.3) is 0 Å². The predicted octanol–water partition coefficient (Wildman–Crippen LogP) is 1.20. The summed E-state index contributed by atoms with van der Waals surface area (Å²) in [6.07, 6.45) is 4.85. The smallest absolute Gasteiger partial charge is 0.191 e. The minimum absolute atomic E-state index is 0.536. The minimum Gasteiger partial charge on any atom is -0.370 e. The van der Waals surface area contributed by atoms with E-state index in [1.54, 1.807) is 0 Å². The van der Waals surface area contributed by atoms with Crippen LogP contribution in [-0.2, 0) is 0 Å². The molecule has 0 heterocycles. The average molecular weight is 169 g/mol. The van der Waals surface area contributed by atoms with Gasteiger partial charge in [-0.05, 0) is 19.3 Å². The molecule has 1 aliphatic rings. The van der Waals surface area contributed by atoms with E-state index in [-0.39, 0.29) is 0 Å². The van der Waals surface area contributed by atoms with Gasteiger partial charge in [0.05, 0.1) is 6.04 Å². The summed E-state index contributed by atoms with van der Waals surface area (Å²) in [4.78, 5) is 6.41. The van der Waals surface area contributed by atoms with Gasteiger partial charge in [0.2, 0.25) is 0 Å². The molecule has 2 N–H and O–H groups in total. The molecule has 1 aliphatic carbocycles. The van der Waals surface area contributed by atoms with Crippen molar-refractivity contribution in [3.63, 3.8) is 0 Å². The summed E-state index contributed by atoms with van der Waals surface area (Å²) in [6, 6.07) is 0.536. The van der Waals surface area contributed by atoms with Gasteiger partial charge >= 0.3 is 0 Å². The SMILES string of the molecule is CCCCN(C)C(N)=NC1CC1. The average Bonchev–Trinajstić information content (AvgIpc) is 2.83. The van der Waals surface area contributed by atoms with Gasteiger partial charge in [-0.25, -0.2) is 4.99 Å². The third-order valence-electron chi connectivity index (χ3n) is 2.10. The van der Waals surface area contributed by atoms with Crippen molar-refractivity contribution in [2.45, 2.75) is 38.6 Å². The highest BCUT2D eigenvalue weighted by Gasteiger charge is 2.21. The summed E-state index contributed by atoms with van der Waals surface area (Å²) < 4.78 is 0. The topological polar surface area (TPSA) is 41.6 Å². The van der Waals surface area contributed by atoms with Gasteiger partial charge in [-0.15, -0.1) is 0 Å². The Labute approximate surface area is 74.6 Å². The molecule has 1 saturated carbocycles. The van der Waals surface area contributed by atoms with Gasteiger partial charge < -0.3 is 10.6 Å². The lowest BCUT2D eigenvalue weighted by molar-refractivity contribution is 0.477. The molecule has 1 rings (SSSR count). The van der Waals surface area contributed by atoms with Gasteiger partial charge in [-0.3, -0.25) is 0 Å². The molecule has 0 amide bonds. The van der Waals surface area contributed by atoms with E-state index in [4.69, 9.17) is 5.73 Å². The van der Waals surface area contributed by atoms with Crippen LogP contribution in [0.3, 0.4) is 0 Å². The first-order valence-corrected chi connectivity index (χ1v) is 4.78. The molecule has 0 aromatic rings. The van der Waals surface area contributed by atoms with Gasteiger partial charge in [-0.2, -0.15) is 0 Å². The maximum absolute atomic E-state index is 5.77. The molecule has 70 valence electrons. The lowest BCUT2D eigenvalue weighted by Gasteiger charge is -2.17. The van der Waals surface area contributed by atoms with Crippen molar-refractivity contribution in [2.75, 3.05) is 13.6 Å². The van der Waals surface area contributed by atoms with Crippen LogP contribution in [0, 0.1) is 0 Å². The fourth-order valence-electron chi connectivity index (χ4n) is 0.999. The van der Waals surface area contributed by atoms with Crippen LogP contribution in [0.2, 0.25) is 0 Å². The first kappa shape index (κ1) is 9.36. The third-order valence-corrected chi connectivity index (χ3v) is 2.10. The third kappa shape index (κ3) is 3.11. The van der Waals surface area contributed by atoms with Gasteiger partial charge in [0.15, 0.2) is 5.96 Å². The zero-order chi connectivity index (χ0) is 8.97. The normalized spacial score (nSPS) is 18.0. The van der Waals surface area contributed by atoms with Crippen LogP contribution in [0.5, 0.6) is 0 Å². The first-order valence-electron chi connectivity index (χ1n) is 4.78. The van der Waals surface area contributed by atoms with Gasteiger partial charge in [0.1, 0.15) is 0 Å². The van der Waals surface area contributed by atoms with Crippen molar-refractivity contribution in [3.8, 4) is 0 Å². The Kier molecular flexibility index (Phi) is 3.38. The molecule has 0 bridgehead atoms. The highest BCUT2D eigenvalue weighted by Crippen LogP contribution is 2.23. The molecule has 0 aromatic heterocycles. The predicted molar refractivity (Wildman–Crippen MR) is 52.2 cm³/mol. The number of aliphatic imine (C=N–C) groups is 1. The number of hydrogen-bond acceptors (Lipinski definition) is 1. The van der Waals surface area contributed by atoms with Crippen molar-refractivity contribution in [3.05, 3.63) is 0 Å². The maximum Gasteiger partial charge on any atom is 0.191 e. The van der Waals surface area contributed by atoms with E-state index in [2.05, 4.69) is 11.9 Å². The van der Waals surface area contributed by atoms with Gasteiger partial charge in [0, 0.05) is 13.6 Å². The lowest BCUT2D eigenvalue weighted by atomic mass is 10.3. The van der Waals surface area contributed by atoms with Crippen LogP contribution >= 0.6 is 0 Å². The quantitative estimate of drug-likeness (QED) is 0.507. The number of nitrogens with zero attached hydrogens (tertiary/aromatic N) is 2. The first-order chi connectivity index (χ1) is 5.74. The highest BCUT2D eigenvalue weighted by atomic mass is 15.2. The van der Waals surface area contributed by atoms with E-state index in [0.717, 1.165) is 6.54 Å². The molecule has 3 heteroatoms. The number of rotatable bonds is 4. The number of unbranched alkanes of at least 4 members (excludes halogenated alkanes) is 1. The summed E-state index contributed by atoms with van der Waals surface area (Å²) in [5.41, 5.74) is 5.77. The van der Waals surface area contributed by atoms with Gasteiger partial charge in [-0.1, -0.05) is 13.3 Å². The summed E-state index contributed by atoms with van der Waals surface area (Å²) >= 11 is 0. The largest absolute Gasteiger partial charge is 0.370 e. The summed E-state index contributed by atoms with van der Waals surface area (Å²) in [5, 5.41) is 0. The zero-order valence-electron chi connectivity index (χ0n) is 8.08. The number of guanidine groups is 1. The minimum atomic E-state index is 0.536. The molecular weight excluding hydrogens is 150 g/mol. The Bertz CT molecular complexity index is 161. The van der Waals surface area contributed by atoms with Crippen LogP contribution in [0.4, 0.5) is 0 Å². The lowest BCUT2D eigenvalue weighted by Crippen LogP contribution is -2.34. The molecule has 0 spiro atoms. The molecule has 0 unspecified atom stereocenters. The van der Waals surface area contributed by atoms with Crippen molar-refractivity contribution in [1.29, 1.82) is 0 Å². The fourth-order valence-corrected chi connectivity index (χ4v) is 0.999. The molecule has 1 fully saturated rings. The Morgan fingerprint density at radius 1 is 1.58 bits per heavy atom. The van der Waals surface area contributed by atoms with E-state index in [9.17, 15) is 0 Å². The van der Waals surface area contributed by atoms with E-state index in [1.165, 1.54) is 25.7 Å². The molecule has 0 aliphatic heterocycles. The van der Waals surface area contributed by atoms with Crippen LogP contribution < -0.4 is 5.73 Å². The zero-order valence-corrected chi connectivity index (χ0v) is 8.08. The Balaban J connectivity index is 2.23. The molecule has 0 atom stereocenters. The fraction of sp³-hybridized carbons (Fsp3) is 0.889. The molecule has 12 heavy (non-hydrogen) atoms. The van der Waals surface area contributed by atoms with Crippen molar-refractivity contribution < 1.29 is 0 Å². The number of nitrogens with two attached hydrogens (primary N) is 1. The molecule has 0 radical (unpaired) electrons. The Morgan fingerprint density at radius 3 is 2.75 bits per heavy atom. The molecule has 0 saturated heterocycles. The van der Waals surface area contributed by atoms with E-state index < -0.39 is 0 Å². The second-order valence-corrected chi connectivity index (χ2v) is 3.49. The number of hydrogen-bond donors (Lipinski definition) is 1. The van der Waals surface area contributed by atoms with Crippen molar-refractivity contribution >= 4 is 5.96 Å². The van der Waals surface area contributed by atoms with Crippen molar-refractivity contribution in [2.24, 2.45) is 10.7 Å². The van der Waals surface area contributed by atoms with Gasteiger partial charge in [0.25, 0.3) is 0 Å². The van der Waals surface area contributed by atoms with E-state index >= 15 is 0 Å². The van der Waals surface area contributed by atoms with E-state index in [1.807, 2.05) is 11.9 Å². The summed E-state index contributed by atoms with van der Waals surface area (Å²) in [5.74, 6) is 0.714. The monoisotopic (exact) mass is 169 g/mol. The Morgan fingerprint density at radius 2 is 2.25 bits per heavy atom. The molecule has 0 aromatic carbocycles. The van der Waals surface area contributed by atoms with Crippen LogP contribution in [0.1, 0.15) is 32.6 Å². The standard InChI is InChI=1S/C9H19N3/c1-3-4-7-12(2)9(10)11-8-5-6-8/h8H,3-7H2,1-2H3,(H2,10,11). The van der Waals surface area contributed by atoms with E-state index in [0.29, 0.717) is 12.0 Å². The summed E-state index contributed by atoms with van der Waals surface area (Å²) in [7, 11) is 2.01. The van der Waals surface area contributed by atoms with Crippen LogP contribution in [0.15, 0.2) is 4.99 Å². The highest BCUT2D eigenvalue weighted by molar-refractivity contribution is 5.78. The van der Waals surface area contributed by atoms with Crippen LogP contribution in [-0.4, -0.2) is 30.5 Å². The molecular formula is C9H19N3. The molecule has 3 nitrogen and oxygen atoms in total.